The Morgan fingerprint density at radius 3 is 2.45 bits per heavy atom. The third-order valence-corrected chi connectivity index (χ3v) is 5.96. The summed E-state index contributed by atoms with van der Waals surface area (Å²) in [5.41, 5.74) is 5.92. The summed E-state index contributed by atoms with van der Waals surface area (Å²) in [6.45, 7) is 0.485. The minimum Gasteiger partial charge on any atom is -0.354 e. The van der Waals surface area contributed by atoms with Crippen LogP contribution in [0.5, 0.6) is 0 Å². The van der Waals surface area contributed by atoms with Gasteiger partial charge in [-0.3, -0.25) is 4.79 Å². The van der Waals surface area contributed by atoms with Gasteiger partial charge in [0.05, 0.1) is 11.7 Å². The van der Waals surface area contributed by atoms with Crippen LogP contribution in [0, 0.1) is 0 Å². The molecular formula is C24H18Cl2N2O. The third-order valence-electron chi connectivity index (χ3n) is 5.54. The Morgan fingerprint density at radius 1 is 0.931 bits per heavy atom. The molecule has 0 saturated carbocycles. The molecule has 144 valence electrons. The fraction of sp³-hybridized carbons (Fsp3) is 0.125. The molecule has 0 fully saturated rings. The number of benzene rings is 3. The Morgan fingerprint density at radius 2 is 1.66 bits per heavy atom. The van der Waals surface area contributed by atoms with E-state index in [1.165, 1.54) is 0 Å². The van der Waals surface area contributed by atoms with Crippen molar-refractivity contribution in [3.8, 4) is 11.3 Å². The molecule has 5 heteroatoms. The van der Waals surface area contributed by atoms with Crippen LogP contribution in [0.1, 0.15) is 27.5 Å². The zero-order valence-electron chi connectivity index (χ0n) is 15.5. The van der Waals surface area contributed by atoms with Crippen LogP contribution in [0.15, 0.2) is 72.8 Å². The average Bonchev–Trinajstić information content (AvgIpc) is 3.25. The molecule has 4 aromatic rings. The van der Waals surface area contributed by atoms with Crippen LogP contribution in [-0.2, 0) is 0 Å². The van der Waals surface area contributed by atoms with Gasteiger partial charge in [0, 0.05) is 39.5 Å². The van der Waals surface area contributed by atoms with Crippen LogP contribution in [0.2, 0.25) is 5.02 Å². The molecule has 1 atom stereocenters. The molecule has 0 saturated heterocycles. The van der Waals surface area contributed by atoms with Crippen LogP contribution in [0.3, 0.4) is 0 Å². The average molecular weight is 421 g/mol. The molecule has 29 heavy (non-hydrogen) atoms. The molecule has 3 aromatic carbocycles. The minimum absolute atomic E-state index is 0.0265. The van der Waals surface area contributed by atoms with E-state index in [1.54, 1.807) is 0 Å². The van der Waals surface area contributed by atoms with Crippen LogP contribution >= 0.6 is 23.2 Å². The Labute approximate surface area is 178 Å². The molecule has 3 nitrogen and oxygen atoms in total. The van der Waals surface area contributed by atoms with E-state index in [-0.39, 0.29) is 11.9 Å². The van der Waals surface area contributed by atoms with Gasteiger partial charge in [-0.15, -0.1) is 11.6 Å². The first kappa shape index (κ1) is 18.3. The minimum atomic E-state index is -0.195. The van der Waals surface area contributed by atoms with Gasteiger partial charge in [0.2, 0.25) is 0 Å². The number of nitrogens with zero attached hydrogens (tertiary/aromatic N) is 1. The Kier molecular flexibility index (Phi) is 4.57. The highest BCUT2D eigenvalue weighted by molar-refractivity contribution is 6.30. The lowest BCUT2D eigenvalue weighted by Crippen LogP contribution is -2.30. The van der Waals surface area contributed by atoms with Crippen molar-refractivity contribution >= 4 is 40.0 Å². The van der Waals surface area contributed by atoms with Gasteiger partial charge in [-0.1, -0.05) is 60.1 Å². The lowest BCUT2D eigenvalue weighted by molar-refractivity contribution is 0.0762. The molecule has 0 spiro atoms. The van der Waals surface area contributed by atoms with Crippen molar-refractivity contribution in [2.24, 2.45) is 0 Å². The van der Waals surface area contributed by atoms with Crippen molar-refractivity contribution in [2.45, 2.75) is 6.04 Å². The zero-order valence-corrected chi connectivity index (χ0v) is 17.0. The van der Waals surface area contributed by atoms with Crippen molar-refractivity contribution < 1.29 is 4.79 Å². The molecule has 1 amide bonds. The number of carbonyl (C=O) groups is 1. The predicted octanol–water partition coefficient (Wildman–Crippen LogP) is 6.27. The second-order valence-corrected chi connectivity index (χ2v) is 7.96. The number of carbonyl (C=O) groups excluding carboxylic acids is 1. The fourth-order valence-corrected chi connectivity index (χ4v) is 4.60. The lowest BCUT2D eigenvalue weighted by atomic mass is 9.93. The summed E-state index contributed by atoms with van der Waals surface area (Å²) in [6, 6.07) is 23.6. The van der Waals surface area contributed by atoms with E-state index in [4.69, 9.17) is 23.2 Å². The first-order chi connectivity index (χ1) is 14.2. The van der Waals surface area contributed by atoms with E-state index >= 15 is 0 Å². The number of aromatic amines is 1. The third kappa shape index (κ3) is 2.93. The quantitative estimate of drug-likeness (QED) is 0.387. The van der Waals surface area contributed by atoms with Crippen molar-refractivity contribution in [3.63, 3.8) is 0 Å². The van der Waals surface area contributed by atoms with Crippen LogP contribution < -0.4 is 0 Å². The standard InChI is InChI=1S/C24H18Cl2N2O/c25-13-14-28-23(17-5-1-2-6-18(17)24(28)29)21-19-7-3-4-8-20(19)27-22(21)15-9-11-16(26)12-10-15/h1-12,23,27H,13-14H2/t23-/m0/s1. The summed E-state index contributed by atoms with van der Waals surface area (Å²) in [5, 5.41) is 1.79. The van der Waals surface area contributed by atoms with Gasteiger partial charge in [0.25, 0.3) is 5.91 Å². The number of amides is 1. The summed E-state index contributed by atoms with van der Waals surface area (Å²) >= 11 is 12.2. The summed E-state index contributed by atoms with van der Waals surface area (Å²) in [6.07, 6.45) is 0. The van der Waals surface area contributed by atoms with E-state index < -0.39 is 0 Å². The van der Waals surface area contributed by atoms with Crippen LogP contribution in [0.25, 0.3) is 22.2 Å². The van der Waals surface area contributed by atoms with Crippen molar-refractivity contribution in [1.82, 2.24) is 9.88 Å². The number of para-hydroxylation sites is 1. The number of aromatic nitrogens is 1. The van der Waals surface area contributed by atoms with Crippen molar-refractivity contribution in [2.75, 3.05) is 12.4 Å². The van der Waals surface area contributed by atoms with Gasteiger partial charge < -0.3 is 9.88 Å². The van der Waals surface area contributed by atoms with Gasteiger partial charge in [-0.2, -0.15) is 0 Å². The second kappa shape index (κ2) is 7.25. The smallest absolute Gasteiger partial charge is 0.255 e. The highest BCUT2D eigenvalue weighted by atomic mass is 35.5. The van der Waals surface area contributed by atoms with Gasteiger partial charge >= 0.3 is 0 Å². The first-order valence-electron chi connectivity index (χ1n) is 9.51. The van der Waals surface area contributed by atoms with Gasteiger partial charge in [0.1, 0.15) is 0 Å². The van der Waals surface area contributed by atoms with E-state index in [2.05, 4.69) is 17.1 Å². The van der Waals surface area contributed by atoms with E-state index in [9.17, 15) is 4.79 Å². The Hall–Kier alpha value is -2.75. The number of nitrogens with one attached hydrogen (secondary N) is 1. The zero-order chi connectivity index (χ0) is 20.0. The maximum absolute atomic E-state index is 13.2. The normalized spacial score (nSPS) is 15.9. The van der Waals surface area contributed by atoms with Gasteiger partial charge in [0.15, 0.2) is 0 Å². The molecule has 5 rings (SSSR count). The maximum Gasteiger partial charge on any atom is 0.255 e. The number of hydrogen-bond acceptors (Lipinski definition) is 1. The number of hydrogen-bond donors (Lipinski definition) is 1. The molecule has 0 unspecified atom stereocenters. The molecule has 1 aliphatic heterocycles. The first-order valence-corrected chi connectivity index (χ1v) is 10.4. The molecular weight excluding hydrogens is 403 g/mol. The fourth-order valence-electron chi connectivity index (χ4n) is 4.30. The van der Waals surface area contributed by atoms with Gasteiger partial charge in [-0.25, -0.2) is 0 Å². The van der Waals surface area contributed by atoms with E-state index in [0.29, 0.717) is 17.4 Å². The number of halogens is 2. The van der Waals surface area contributed by atoms with Gasteiger partial charge in [-0.05, 0) is 35.4 Å². The molecule has 1 N–H and O–H groups in total. The second-order valence-electron chi connectivity index (χ2n) is 7.14. The maximum atomic E-state index is 13.2. The molecule has 0 aliphatic carbocycles. The Bertz CT molecular complexity index is 1210. The Balaban J connectivity index is 1.80. The molecule has 0 bridgehead atoms. The summed E-state index contributed by atoms with van der Waals surface area (Å²) < 4.78 is 0. The number of H-pyrrole nitrogens is 1. The lowest BCUT2D eigenvalue weighted by Gasteiger charge is -2.26. The molecule has 2 heterocycles. The van der Waals surface area contributed by atoms with Crippen molar-refractivity contribution in [3.05, 3.63) is 94.5 Å². The highest BCUT2D eigenvalue weighted by Gasteiger charge is 2.39. The monoisotopic (exact) mass is 420 g/mol. The van der Waals surface area contributed by atoms with Crippen LogP contribution in [0.4, 0.5) is 0 Å². The molecule has 0 radical (unpaired) electrons. The highest BCUT2D eigenvalue weighted by Crippen LogP contribution is 2.45. The SMILES string of the molecule is O=C1c2ccccc2[C@@H](c2c(-c3ccc(Cl)cc3)[nH]c3ccccc23)N1CCCl. The van der Waals surface area contributed by atoms with Crippen molar-refractivity contribution in [1.29, 1.82) is 0 Å². The molecule has 1 aromatic heterocycles. The van der Waals surface area contributed by atoms with Crippen LogP contribution in [-0.4, -0.2) is 28.2 Å². The summed E-state index contributed by atoms with van der Waals surface area (Å²) in [7, 11) is 0. The predicted molar refractivity (Wildman–Crippen MR) is 119 cm³/mol. The molecule has 1 aliphatic rings. The van der Waals surface area contributed by atoms with E-state index in [0.717, 1.165) is 38.9 Å². The largest absolute Gasteiger partial charge is 0.354 e. The number of rotatable bonds is 4. The number of alkyl halides is 1. The topological polar surface area (TPSA) is 36.1 Å². The summed E-state index contributed by atoms with van der Waals surface area (Å²) in [5.74, 6) is 0.410. The summed E-state index contributed by atoms with van der Waals surface area (Å²) in [4.78, 5) is 18.6. The number of fused-ring (bicyclic) bond motifs is 2. The van der Waals surface area contributed by atoms with E-state index in [1.807, 2.05) is 65.6 Å².